The number of nitrogens with one attached hydrogen (secondary N) is 2. The zero-order valence-electron chi connectivity index (χ0n) is 15.8. The van der Waals surface area contributed by atoms with Crippen molar-refractivity contribution in [1.29, 1.82) is 0 Å². The maximum atomic E-state index is 13.3. The van der Waals surface area contributed by atoms with Crippen LogP contribution in [0.15, 0.2) is 46.3 Å². The highest BCUT2D eigenvalue weighted by Crippen LogP contribution is 2.33. The standard InChI is InChI=1S/C19H22BrN5O3S/c20-14-4-5-16-15(12-14)18(29(27,28)25-9-1-2-10-25)17(23-16)19(26)22-6-3-8-24-11-7-21-13-24/h4-5,7,11-13,23H,1-3,6,8-10H2,(H,22,26). The molecule has 2 N–H and O–H groups in total. The van der Waals surface area contributed by atoms with E-state index in [0.717, 1.165) is 23.9 Å². The Kier molecular flexibility index (Phi) is 5.75. The topological polar surface area (TPSA) is 100 Å². The van der Waals surface area contributed by atoms with E-state index in [1.54, 1.807) is 24.7 Å². The Bertz CT molecular complexity index is 1120. The van der Waals surface area contributed by atoms with Crippen LogP contribution in [-0.4, -0.2) is 52.8 Å². The van der Waals surface area contributed by atoms with E-state index < -0.39 is 15.9 Å². The Labute approximate surface area is 177 Å². The zero-order chi connectivity index (χ0) is 20.4. The van der Waals surface area contributed by atoms with E-state index in [9.17, 15) is 13.2 Å². The monoisotopic (exact) mass is 479 g/mol. The van der Waals surface area contributed by atoms with Crippen LogP contribution >= 0.6 is 15.9 Å². The predicted molar refractivity (Wildman–Crippen MR) is 113 cm³/mol. The van der Waals surface area contributed by atoms with Gasteiger partial charge in [-0.1, -0.05) is 15.9 Å². The van der Waals surface area contributed by atoms with Gasteiger partial charge in [-0.2, -0.15) is 4.31 Å². The maximum Gasteiger partial charge on any atom is 0.269 e. The smallest absolute Gasteiger partial charge is 0.269 e. The Morgan fingerprint density at radius 2 is 2.07 bits per heavy atom. The van der Waals surface area contributed by atoms with Crippen LogP contribution in [-0.2, 0) is 16.6 Å². The first-order chi connectivity index (χ1) is 14.0. The summed E-state index contributed by atoms with van der Waals surface area (Å²) in [5.74, 6) is -0.416. The van der Waals surface area contributed by atoms with Crippen LogP contribution in [0.3, 0.4) is 0 Å². The molecule has 4 rings (SSSR count). The molecule has 29 heavy (non-hydrogen) atoms. The number of carbonyl (C=O) groups excluding carboxylic acids is 1. The van der Waals surface area contributed by atoms with Crippen LogP contribution in [0.5, 0.6) is 0 Å². The SMILES string of the molecule is O=C(NCCCn1ccnc1)c1[nH]c2ccc(Br)cc2c1S(=O)(=O)N1CCCC1. The number of aromatic amines is 1. The molecular formula is C19H22BrN5O3S. The number of rotatable bonds is 7. The Hall–Kier alpha value is -2.17. The second-order valence-corrected chi connectivity index (χ2v) is 9.83. The van der Waals surface area contributed by atoms with E-state index in [2.05, 4.69) is 31.2 Å². The number of aryl methyl sites for hydroxylation is 1. The summed E-state index contributed by atoms with van der Waals surface area (Å²) in [7, 11) is -3.77. The Balaban J connectivity index is 1.61. The van der Waals surface area contributed by atoms with Crippen molar-refractivity contribution >= 4 is 42.8 Å². The molecule has 1 fully saturated rings. The fraction of sp³-hybridized carbons (Fsp3) is 0.368. The molecule has 0 atom stereocenters. The molecule has 0 aliphatic carbocycles. The number of halogens is 1. The number of hydrogen-bond acceptors (Lipinski definition) is 4. The van der Waals surface area contributed by atoms with Gasteiger partial charge < -0.3 is 14.9 Å². The molecule has 154 valence electrons. The van der Waals surface area contributed by atoms with Gasteiger partial charge in [0.15, 0.2) is 0 Å². The first-order valence-electron chi connectivity index (χ1n) is 9.52. The van der Waals surface area contributed by atoms with E-state index in [4.69, 9.17) is 0 Å². The molecule has 1 aliphatic rings. The number of hydrogen-bond donors (Lipinski definition) is 2. The van der Waals surface area contributed by atoms with Gasteiger partial charge in [0.05, 0.1) is 6.33 Å². The largest absolute Gasteiger partial charge is 0.351 e. The second kappa shape index (κ2) is 8.29. The molecule has 3 aromatic rings. The molecular weight excluding hydrogens is 458 g/mol. The lowest BCUT2D eigenvalue weighted by Gasteiger charge is -2.16. The van der Waals surface area contributed by atoms with Crippen molar-refractivity contribution in [3.63, 3.8) is 0 Å². The summed E-state index contributed by atoms with van der Waals surface area (Å²) in [6.07, 6.45) is 7.66. The molecule has 3 heterocycles. The van der Waals surface area contributed by atoms with Crippen LogP contribution in [0.1, 0.15) is 29.8 Å². The van der Waals surface area contributed by atoms with Crippen molar-refractivity contribution in [2.24, 2.45) is 0 Å². The normalized spacial score (nSPS) is 15.2. The average Bonchev–Trinajstić information content (AvgIpc) is 3.45. The van der Waals surface area contributed by atoms with Crippen molar-refractivity contribution in [3.05, 3.63) is 47.1 Å². The number of nitrogens with zero attached hydrogens (tertiary/aromatic N) is 3. The number of benzene rings is 1. The van der Waals surface area contributed by atoms with Crippen molar-refractivity contribution < 1.29 is 13.2 Å². The molecule has 1 amide bonds. The van der Waals surface area contributed by atoms with Gasteiger partial charge in [-0.25, -0.2) is 13.4 Å². The summed E-state index contributed by atoms with van der Waals surface area (Å²) in [6, 6.07) is 5.33. The lowest BCUT2D eigenvalue weighted by Crippen LogP contribution is -2.31. The number of carbonyl (C=O) groups is 1. The second-order valence-electron chi connectivity index (χ2n) is 7.04. The predicted octanol–water partition coefficient (Wildman–Crippen LogP) is 2.73. The summed E-state index contributed by atoms with van der Waals surface area (Å²) < 4.78 is 30.8. The van der Waals surface area contributed by atoms with E-state index in [0.29, 0.717) is 37.0 Å². The molecule has 10 heteroatoms. The number of amides is 1. The van der Waals surface area contributed by atoms with Gasteiger partial charge in [0, 0.05) is 53.9 Å². The summed E-state index contributed by atoms with van der Waals surface area (Å²) in [4.78, 5) is 20.0. The third-order valence-corrected chi connectivity index (χ3v) is 7.52. The minimum Gasteiger partial charge on any atom is -0.351 e. The van der Waals surface area contributed by atoms with Crippen molar-refractivity contribution in [3.8, 4) is 0 Å². The van der Waals surface area contributed by atoms with Crippen molar-refractivity contribution in [2.75, 3.05) is 19.6 Å². The number of H-pyrrole nitrogens is 1. The Morgan fingerprint density at radius 1 is 1.28 bits per heavy atom. The van der Waals surface area contributed by atoms with Gasteiger partial charge in [-0.15, -0.1) is 0 Å². The van der Waals surface area contributed by atoms with Gasteiger partial charge in [0.1, 0.15) is 10.6 Å². The first kappa shape index (κ1) is 20.1. The molecule has 1 saturated heterocycles. The Morgan fingerprint density at radius 3 is 2.79 bits per heavy atom. The highest BCUT2D eigenvalue weighted by Gasteiger charge is 2.34. The quantitative estimate of drug-likeness (QED) is 0.508. The minimum atomic E-state index is -3.77. The molecule has 0 radical (unpaired) electrons. The van der Waals surface area contributed by atoms with Crippen molar-refractivity contribution in [1.82, 2.24) is 24.2 Å². The lowest BCUT2D eigenvalue weighted by molar-refractivity contribution is 0.0945. The van der Waals surface area contributed by atoms with Gasteiger partial charge in [0.25, 0.3) is 5.91 Å². The average molecular weight is 480 g/mol. The van der Waals surface area contributed by atoms with Gasteiger partial charge in [-0.3, -0.25) is 4.79 Å². The maximum absolute atomic E-state index is 13.3. The summed E-state index contributed by atoms with van der Waals surface area (Å²) >= 11 is 3.40. The molecule has 0 spiro atoms. The van der Waals surface area contributed by atoms with Crippen molar-refractivity contribution in [2.45, 2.75) is 30.7 Å². The molecule has 0 bridgehead atoms. The van der Waals surface area contributed by atoms with Crippen LogP contribution in [0.25, 0.3) is 10.9 Å². The minimum absolute atomic E-state index is 0.0582. The summed E-state index contributed by atoms with van der Waals surface area (Å²) in [5.41, 5.74) is 0.710. The molecule has 1 aromatic carbocycles. The number of aromatic nitrogens is 3. The zero-order valence-corrected chi connectivity index (χ0v) is 18.2. The number of imidazole rings is 1. The van der Waals surface area contributed by atoms with Crippen LogP contribution in [0, 0.1) is 0 Å². The van der Waals surface area contributed by atoms with Gasteiger partial charge in [0.2, 0.25) is 10.0 Å². The fourth-order valence-corrected chi connectivity index (χ4v) is 5.80. The summed E-state index contributed by atoms with van der Waals surface area (Å²) in [5, 5.41) is 3.36. The molecule has 8 nitrogen and oxygen atoms in total. The third-order valence-electron chi connectivity index (χ3n) is 5.04. The summed E-state index contributed by atoms with van der Waals surface area (Å²) in [6.45, 7) is 2.11. The van der Waals surface area contributed by atoms with E-state index >= 15 is 0 Å². The van der Waals surface area contributed by atoms with Crippen LogP contribution in [0.4, 0.5) is 0 Å². The first-order valence-corrected chi connectivity index (χ1v) is 11.8. The van der Waals surface area contributed by atoms with Gasteiger partial charge in [-0.05, 0) is 37.5 Å². The van der Waals surface area contributed by atoms with E-state index in [-0.39, 0.29) is 10.6 Å². The molecule has 0 saturated carbocycles. The lowest BCUT2D eigenvalue weighted by atomic mass is 10.2. The third kappa shape index (κ3) is 4.10. The van der Waals surface area contributed by atoms with Gasteiger partial charge >= 0.3 is 0 Å². The fourth-order valence-electron chi connectivity index (χ4n) is 3.60. The molecule has 0 unspecified atom stereocenters. The number of fused-ring (bicyclic) bond motifs is 1. The van der Waals surface area contributed by atoms with E-state index in [1.807, 2.05) is 16.8 Å². The molecule has 1 aliphatic heterocycles. The van der Waals surface area contributed by atoms with Crippen LogP contribution < -0.4 is 5.32 Å². The van der Waals surface area contributed by atoms with E-state index in [1.165, 1.54) is 4.31 Å². The number of sulfonamides is 1. The highest BCUT2D eigenvalue weighted by molar-refractivity contribution is 9.10. The van der Waals surface area contributed by atoms with Crippen LogP contribution in [0.2, 0.25) is 0 Å². The molecule has 2 aromatic heterocycles. The highest BCUT2D eigenvalue weighted by atomic mass is 79.9.